The molecule has 0 bridgehead atoms. The molecule has 3 unspecified atom stereocenters. The number of aliphatic hydroxyl groups is 4. The van der Waals surface area contributed by atoms with Crippen molar-refractivity contribution in [1.29, 1.82) is 0 Å². The van der Waals surface area contributed by atoms with E-state index in [1.165, 1.54) is 6.42 Å². The molecule has 0 spiro atoms. The lowest BCUT2D eigenvalue weighted by Gasteiger charge is -2.26. The SMILES string of the molecule is CCCCCC(N)CCCC(N)C(O)C(O)(O)O. The molecular formula is C12H28N2O4. The van der Waals surface area contributed by atoms with Crippen molar-refractivity contribution < 1.29 is 20.4 Å². The van der Waals surface area contributed by atoms with Gasteiger partial charge >= 0.3 is 5.97 Å². The first kappa shape index (κ1) is 17.8. The Hall–Kier alpha value is -0.240. The zero-order chi connectivity index (χ0) is 14.2. The summed E-state index contributed by atoms with van der Waals surface area (Å²) in [4.78, 5) is 0. The Balaban J connectivity index is 3.70. The number of aliphatic hydroxyl groups excluding tert-OH is 1. The summed E-state index contributed by atoms with van der Waals surface area (Å²) in [6.07, 6.45) is 4.49. The first-order chi connectivity index (χ1) is 8.29. The van der Waals surface area contributed by atoms with Gasteiger partial charge in [-0.3, -0.25) is 0 Å². The molecule has 0 aliphatic rings. The molecule has 0 aliphatic heterocycles. The van der Waals surface area contributed by atoms with E-state index in [0.717, 1.165) is 25.7 Å². The fourth-order valence-corrected chi connectivity index (χ4v) is 1.86. The van der Waals surface area contributed by atoms with Crippen LogP contribution in [0.15, 0.2) is 0 Å². The van der Waals surface area contributed by atoms with Gasteiger partial charge in [-0.25, -0.2) is 0 Å². The van der Waals surface area contributed by atoms with Crippen LogP contribution in [-0.4, -0.2) is 44.6 Å². The van der Waals surface area contributed by atoms with E-state index >= 15 is 0 Å². The van der Waals surface area contributed by atoms with Gasteiger partial charge in [-0.05, 0) is 19.3 Å². The summed E-state index contributed by atoms with van der Waals surface area (Å²) in [7, 11) is 0. The lowest BCUT2D eigenvalue weighted by Crippen LogP contribution is -2.52. The normalized spacial score (nSPS) is 17.5. The molecule has 0 aliphatic carbocycles. The minimum absolute atomic E-state index is 0.114. The van der Waals surface area contributed by atoms with E-state index in [-0.39, 0.29) is 6.04 Å². The summed E-state index contributed by atoms with van der Waals surface area (Å²) < 4.78 is 0. The standard InChI is InChI=1S/C12H28N2O4/c1-2-3-4-6-9(13)7-5-8-10(14)11(15)12(16,17)18/h9-11,15-18H,2-8,13-14H2,1H3. The lowest BCUT2D eigenvalue weighted by atomic mass is 9.99. The van der Waals surface area contributed by atoms with E-state index in [4.69, 9.17) is 26.8 Å². The quantitative estimate of drug-likeness (QED) is 0.230. The minimum atomic E-state index is -3.14. The molecule has 0 heterocycles. The average Bonchev–Trinajstić information content (AvgIpc) is 2.27. The Morgan fingerprint density at radius 1 is 0.944 bits per heavy atom. The van der Waals surface area contributed by atoms with Gasteiger partial charge in [-0.2, -0.15) is 0 Å². The number of hydrogen-bond donors (Lipinski definition) is 6. The smallest absolute Gasteiger partial charge is 0.304 e. The van der Waals surface area contributed by atoms with Crippen LogP contribution in [0.25, 0.3) is 0 Å². The molecule has 0 aromatic heterocycles. The molecule has 0 rings (SSSR count). The third-order valence-electron chi connectivity index (χ3n) is 3.09. The van der Waals surface area contributed by atoms with Crippen LogP contribution in [0.5, 0.6) is 0 Å². The van der Waals surface area contributed by atoms with Crippen molar-refractivity contribution in [2.45, 2.75) is 76.0 Å². The maximum Gasteiger partial charge on any atom is 0.304 e. The van der Waals surface area contributed by atoms with Crippen molar-refractivity contribution in [2.75, 3.05) is 0 Å². The van der Waals surface area contributed by atoms with Crippen LogP contribution in [0.2, 0.25) is 0 Å². The summed E-state index contributed by atoms with van der Waals surface area (Å²) in [5, 5.41) is 35.6. The molecule has 110 valence electrons. The number of rotatable bonds is 10. The molecule has 0 saturated carbocycles. The molecule has 3 atom stereocenters. The molecule has 6 nitrogen and oxygen atoms in total. The molecule has 18 heavy (non-hydrogen) atoms. The zero-order valence-electron chi connectivity index (χ0n) is 11.1. The van der Waals surface area contributed by atoms with Crippen molar-refractivity contribution in [1.82, 2.24) is 0 Å². The Labute approximate surface area is 109 Å². The summed E-state index contributed by atoms with van der Waals surface area (Å²) in [5.41, 5.74) is 11.5. The number of hydrogen-bond acceptors (Lipinski definition) is 6. The van der Waals surface area contributed by atoms with Crippen LogP contribution in [0.3, 0.4) is 0 Å². The van der Waals surface area contributed by atoms with Gasteiger partial charge in [0.1, 0.15) is 6.10 Å². The summed E-state index contributed by atoms with van der Waals surface area (Å²) in [6, 6.07) is -0.768. The third kappa shape index (κ3) is 7.97. The highest BCUT2D eigenvalue weighted by Crippen LogP contribution is 2.13. The van der Waals surface area contributed by atoms with Gasteiger partial charge in [-0.15, -0.1) is 0 Å². The van der Waals surface area contributed by atoms with Crippen LogP contribution in [0.1, 0.15) is 51.9 Å². The second kappa shape index (κ2) is 8.79. The predicted molar refractivity (Wildman–Crippen MR) is 69.3 cm³/mol. The topological polar surface area (TPSA) is 133 Å². The molecule has 0 saturated heterocycles. The first-order valence-corrected chi connectivity index (χ1v) is 6.65. The molecule has 0 radical (unpaired) electrons. The van der Waals surface area contributed by atoms with Crippen molar-refractivity contribution >= 4 is 0 Å². The van der Waals surface area contributed by atoms with Gasteiger partial charge in [0.25, 0.3) is 0 Å². The second-order valence-electron chi connectivity index (χ2n) is 4.98. The average molecular weight is 264 g/mol. The number of unbranched alkanes of at least 4 members (excludes halogenated alkanes) is 2. The highest BCUT2D eigenvalue weighted by Gasteiger charge is 2.34. The first-order valence-electron chi connectivity index (χ1n) is 6.65. The third-order valence-corrected chi connectivity index (χ3v) is 3.09. The van der Waals surface area contributed by atoms with Gasteiger partial charge in [0.15, 0.2) is 0 Å². The fraction of sp³-hybridized carbons (Fsp3) is 1.00. The van der Waals surface area contributed by atoms with E-state index < -0.39 is 18.1 Å². The monoisotopic (exact) mass is 264 g/mol. The Bertz CT molecular complexity index is 209. The van der Waals surface area contributed by atoms with Gasteiger partial charge in [0.2, 0.25) is 0 Å². The van der Waals surface area contributed by atoms with E-state index in [1.807, 2.05) is 0 Å². The van der Waals surface area contributed by atoms with Crippen molar-refractivity contribution in [3.05, 3.63) is 0 Å². The molecule has 0 amide bonds. The Kier molecular flexibility index (Phi) is 8.67. The van der Waals surface area contributed by atoms with Crippen LogP contribution < -0.4 is 11.5 Å². The van der Waals surface area contributed by atoms with Crippen molar-refractivity contribution in [2.24, 2.45) is 11.5 Å². The van der Waals surface area contributed by atoms with E-state index in [0.29, 0.717) is 12.8 Å². The van der Waals surface area contributed by atoms with E-state index in [2.05, 4.69) is 6.92 Å². The van der Waals surface area contributed by atoms with Crippen molar-refractivity contribution in [3.8, 4) is 0 Å². The van der Waals surface area contributed by atoms with Crippen molar-refractivity contribution in [3.63, 3.8) is 0 Å². The number of nitrogens with two attached hydrogens (primary N) is 2. The molecule has 0 aromatic rings. The maximum absolute atomic E-state index is 9.29. The van der Waals surface area contributed by atoms with Gasteiger partial charge in [0.05, 0.1) is 0 Å². The van der Waals surface area contributed by atoms with Gasteiger partial charge in [-0.1, -0.05) is 32.6 Å². The van der Waals surface area contributed by atoms with E-state index in [1.54, 1.807) is 0 Å². The highest BCUT2D eigenvalue weighted by atomic mass is 16.7. The van der Waals surface area contributed by atoms with Gasteiger partial charge < -0.3 is 31.9 Å². The van der Waals surface area contributed by atoms with Crippen LogP contribution in [0.4, 0.5) is 0 Å². The predicted octanol–water partition coefficient (Wildman–Crippen LogP) is -0.617. The molecule has 8 N–H and O–H groups in total. The highest BCUT2D eigenvalue weighted by molar-refractivity contribution is 4.77. The van der Waals surface area contributed by atoms with Gasteiger partial charge in [0, 0.05) is 12.1 Å². The maximum atomic E-state index is 9.29. The summed E-state index contributed by atoms with van der Waals surface area (Å²) >= 11 is 0. The summed E-state index contributed by atoms with van der Waals surface area (Å²) in [5.74, 6) is -3.14. The minimum Gasteiger partial charge on any atom is -0.383 e. The zero-order valence-corrected chi connectivity index (χ0v) is 11.1. The fourth-order valence-electron chi connectivity index (χ4n) is 1.86. The molecular weight excluding hydrogens is 236 g/mol. The van der Waals surface area contributed by atoms with E-state index in [9.17, 15) is 5.11 Å². The van der Waals surface area contributed by atoms with Crippen LogP contribution >= 0.6 is 0 Å². The van der Waals surface area contributed by atoms with Crippen LogP contribution in [0, 0.1) is 0 Å². The second-order valence-corrected chi connectivity index (χ2v) is 4.98. The molecule has 0 fully saturated rings. The largest absolute Gasteiger partial charge is 0.383 e. The molecule has 0 aromatic carbocycles. The Morgan fingerprint density at radius 2 is 1.50 bits per heavy atom. The Morgan fingerprint density at radius 3 is 2.00 bits per heavy atom. The summed E-state index contributed by atoms with van der Waals surface area (Å²) in [6.45, 7) is 2.14. The molecule has 6 heteroatoms. The van der Waals surface area contributed by atoms with Crippen LogP contribution in [-0.2, 0) is 0 Å². The lowest BCUT2D eigenvalue weighted by molar-refractivity contribution is -0.357.